The summed E-state index contributed by atoms with van der Waals surface area (Å²) < 4.78 is 5.61. The predicted molar refractivity (Wildman–Crippen MR) is 71.1 cm³/mol. The molecule has 0 saturated heterocycles. The van der Waals surface area contributed by atoms with Gasteiger partial charge in [0.2, 0.25) is 0 Å². The molecule has 0 bridgehead atoms. The summed E-state index contributed by atoms with van der Waals surface area (Å²) in [5, 5.41) is 9.67. The van der Waals surface area contributed by atoms with Crippen LogP contribution in [0.2, 0.25) is 0 Å². The highest BCUT2D eigenvalue weighted by Gasteiger charge is 2.09. The second-order valence-electron chi connectivity index (χ2n) is 4.13. The number of carbonyl (C=O) groups excluding carboxylic acids is 1. The number of carbonyl (C=O) groups is 1. The van der Waals surface area contributed by atoms with E-state index in [2.05, 4.69) is 0 Å². The van der Waals surface area contributed by atoms with Crippen LogP contribution in [0.4, 0.5) is 0 Å². The molecular formula is C15H15NO3. The molecule has 0 aliphatic carbocycles. The fraction of sp³-hybridized carbons (Fsp3) is 0.133. The Balaban J connectivity index is 2.05. The molecule has 2 aromatic rings. The maximum atomic E-state index is 11.6. The minimum absolute atomic E-state index is 0.385. The van der Waals surface area contributed by atoms with E-state index in [-0.39, 0.29) is 0 Å². The highest BCUT2D eigenvalue weighted by atomic mass is 16.5. The van der Waals surface area contributed by atoms with E-state index in [9.17, 15) is 4.79 Å². The van der Waals surface area contributed by atoms with Crippen LogP contribution in [-0.2, 0) is 6.61 Å². The van der Waals surface area contributed by atoms with Gasteiger partial charge in [0.15, 0.2) is 0 Å². The van der Waals surface area contributed by atoms with Crippen LogP contribution >= 0.6 is 0 Å². The van der Waals surface area contributed by atoms with E-state index in [1.807, 2.05) is 30.3 Å². The van der Waals surface area contributed by atoms with Crippen molar-refractivity contribution in [1.29, 1.82) is 0 Å². The molecule has 0 aliphatic heterocycles. The van der Waals surface area contributed by atoms with Crippen molar-refractivity contribution in [3.8, 4) is 5.75 Å². The number of amides is 1. The highest BCUT2D eigenvalue weighted by Crippen LogP contribution is 2.16. The van der Waals surface area contributed by atoms with Gasteiger partial charge in [-0.1, -0.05) is 36.4 Å². The molecule has 4 nitrogen and oxygen atoms in total. The molecule has 0 aromatic heterocycles. The third-order valence-electron chi connectivity index (χ3n) is 2.62. The summed E-state index contributed by atoms with van der Waals surface area (Å²) in [7, 11) is 1.29. The quantitative estimate of drug-likeness (QED) is 0.676. The fourth-order valence-corrected chi connectivity index (χ4v) is 1.65. The van der Waals surface area contributed by atoms with E-state index in [1.165, 1.54) is 7.05 Å². The van der Waals surface area contributed by atoms with Gasteiger partial charge < -0.3 is 4.74 Å². The number of hydrogen-bond donors (Lipinski definition) is 1. The van der Waals surface area contributed by atoms with E-state index < -0.39 is 5.91 Å². The predicted octanol–water partition coefficient (Wildman–Crippen LogP) is 2.73. The molecule has 0 atom stereocenters. The number of ether oxygens (including phenoxy) is 1. The lowest BCUT2D eigenvalue weighted by Crippen LogP contribution is -2.22. The molecular weight excluding hydrogens is 242 g/mol. The number of hydrogen-bond acceptors (Lipinski definition) is 3. The highest BCUT2D eigenvalue weighted by molar-refractivity contribution is 5.93. The van der Waals surface area contributed by atoms with E-state index in [0.717, 1.165) is 5.56 Å². The summed E-state index contributed by atoms with van der Waals surface area (Å²) in [5.41, 5.74) is 1.44. The first kappa shape index (κ1) is 13.1. The van der Waals surface area contributed by atoms with Crippen molar-refractivity contribution in [2.45, 2.75) is 6.61 Å². The largest absolute Gasteiger partial charge is 0.489 e. The standard InChI is InChI=1S/C15H15NO3/c1-16(18)15(17)13-8-5-9-14(10-13)19-11-12-6-3-2-4-7-12/h2-10,18H,11H2,1H3. The van der Waals surface area contributed by atoms with Crippen molar-refractivity contribution in [2.75, 3.05) is 7.05 Å². The van der Waals surface area contributed by atoms with Gasteiger partial charge in [-0.2, -0.15) is 0 Å². The second kappa shape index (κ2) is 6.02. The van der Waals surface area contributed by atoms with Gasteiger partial charge in [-0.3, -0.25) is 10.0 Å². The van der Waals surface area contributed by atoms with Crippen molar-refractivity contribution in [3.05, 3.63) is 65.7 Å². The van der Waals surface area contributed by atoms with Crippen LogP contribution in [0.15, 0.2) is 54.6 Å². The first-order chi connectivity index (χ1) is 9.16. The van der Waals surface area contributed by atoms with E-state index in [1.54, 1.807) is 24.3 Å². The molecule has 0 radical (unpaired) electrons. The fourth-order valence-electron chi connectivity index (χ4n) is 1.65. The number of rotatable bonds is 4. The van der Waals surface area contributed by atoms with Crippen molar-refractivity contribution >= 4 is 5.91 Å². The Labute approximate surface area is 111 Å². The third kappa shape index (κ3) is 3.56. The molecule has 0 spiro atoms. The SMILES string of the molecule is CN(O)C(=O)c1cccc(OCc2ccccc2)c1. The molecule has 19 heavy (non-hydrogen) atoms. The van der Waals surface area contributed by atoms with Gasteiger partial charge in [-0.15, -0.1) is 0 Å². The average Bonchev–Trinajstić information content (AvgIpc) is 2.45. The Morgan fingerprint density at radius 3 is 2.58 bits per heavy atom. The average molecular weight is 257 g/mol. The van der Waals surface area contributed by atoms with E-state index >= 15 is 0 Å². The lowest BCUT2D eigenvalue weighted by atomic mass is 10.2. The Morgan fingerprint density at radius 2 is 1.89 bits per heavy atom. The van der Waals surface area contributed by atoms with Gasteiger partial charge in [0.1, 0.15) is 12.4 Å². The van der Waals surface area contributed by atoms with Gasteiger partial charge in [-0.25, -0.2) is 5.06 Å². The molecule has 4 heteroatoms. The van der Waals surface area contributed by atoms with Crippen molar-refractivity contribution in [1.82, 2.24) is 5.06 Å². The van der Waals surface area contributed by atoms with Gasteiger partial charge in [-0.05, 0) is 23.8 Å². The van der Waals surface area contributed by atoms with Crippen molar-refractivity contribution in [3.63, 3.8) is 0 Å². The third-order valence-corrected chi connectivity index (χ3v) is 2.62. The molecule has 0 heterocycles. The molecule has 1 amide bonds. The summed E-state index contributed by atoms with van der Waals surface area (Å²) in [6, 6.07) is 16.5. The van der Waals surface area contributed by atoms with Crippen LogP contribution in [0.25, 0.3) is 0 Å². The molecule has 0 saturated carbocycles. The number of benzene rings is 2. The summed E-state index contributed by atoms with van der Waals surface area (Å²) in [6.45, 7) is 0.438. The number of nitrogens with zero attached hydrogens (tertiary/aromatic N) is 1. The first-order valence-electron chi connectivity index (χ1n) is 5.90. The smallest absolute Gasteiger partial charge is 0.277 e. The Morgan fingerprint density at radius 1 is 1.16 bits per heavy atom. The van der Waals surface area contributed by atoms with Crippen molar-refractivity contribution in [2.24, 2.45) is 0 Å². The molecule has 2 rings (SSSR count). The van der Waals surface area contributed by atoms with Gasteiger partial charge >= 0.3 is 0 Å². The lowest BCUT2D eigenvalue weighted by Gasteiger charge is -2.10. The number of hydroxylamine groups is 2. The Bertz CT molecular complexity index is 552. The maximum Gasteiger partial charge on any atom is 0.277 e. The van der Waals surface area contributed by atoms with Gasteiger partial charge in [0.05, 0.1) is 0 Å². The summed E-state index contributed by atoms with van der Waals surface area (Å²) >= 11 is 0. The monoisotopic (exact) mass is 257 g/mol. The minimum atomic E-state index is -0.467. The second-order valence-corrected chi connectivity index (χ2v) is 4.13. The zero-order valence-electron chi connectivity index (χ0n) is 10.6. The lowest BCUT2D eigenvalue weighted by molar-refractivity contribution is -0.0375. The van der Waals surface area contributed by atoms with Crippen molar-refractivity contribution < 1.29 is 14.7 Å². The molecule has 0 unspecified atom stereocenters. The van der Waals surface area contributed by atoms with Crippen LogP contribution in [0, 0.1) is 0 Å². The summed E-state index contributed by atoms with van der Waals surface area (Å²) in [6.07, 6.45) is 0. The summed E-state index contributed by atoms with van der Waals surface area (Å²) in [5.74, 6) is 0.127. The summed E-state index contributed by atoms with van der Waals surface area (Å²) in [4.78, 5) is 11.6. The molecule has 98 valence electrons. The normalized spacial score (nSPS) is 10.0. The zero-order valence-corrected chi connectivity index (χ0v) is 10.6. The van der Waals surface area contributed by atoms with Crippen LogP contribution < -0.4 is 4.74 Å². The molecule has 0 fully saturated rings. The molecule has 1 N–H and O–H groups in total. The van der Waals surface area contributed by atoms with Crippen LogP contribution in [0.5, 0.6) is 5.75 Å². The Hall–Kier alpha value is -2.33. The van der Waals surface area contributed by atoms with Crippen LogP contribution in [0.1, 0.15) is 15.9 Å². The maximum absolute atomic E-state index is 11.6. The van der Waals surface area contributed by atoms with E-state index in [4.69, 9.17) is 9.94 Å². The minimum Gasteiger partial charge on any atom is -0.489 e. The Kier molecular flexibility index (Phi) is 4.15. The van der Waals surface area contributed by atoms with Crippen LogP contribution in [-0.4, -0.2) is 23.2 Å². The molecule has 2 aromatic carbocycles. The first-order valence-corrected chi connectivity index (χ1v) is 5.90. The van der Waals surface area contributed by atoms with E-state index in [0.29, 0.717) is 23.0 Å². The topological polar surface area (TPSA) is 49.8 Å². The molecule has 0 aliphatic rings. The van der Waals surface area contributed by atoms with Gasteiger partial charge in [0, 0.05) is 12.6 Å². The van der Waals surface area contributed by atoms with Crippen LogP contribution in [0.3, 0.4) is 0 Å². The van der Waals surface area contributed by atoms with Gasteiger partial charge in [0.25, 0.3) is 5.91 Å². The zero-order chi connectivity index (χ0) is 13.7.